The van der Waals surface area contributed by atoms with Crippen molar-refractivity contribution in [3.05, 3.63) is 68.6 Å². The van der Waals surface area contributed by atoms with Crippen LogP contribution < -0.4 is 0 Å². The lowest BCUT2D eigenvalue weighted by Gasteiger charge is -2.06. The maximum Gasteiger partial charge on any atom is 0.0756 e. The summed E-state index contributed by atoms with van der Waals surface area (Å²) in [5.74, 6) is 0. The summed E-state index contributed by atoms with van der Waals surface area (Å²) in [6.07, 6.45) is 2.14. The van der Waals surface area contributed by atoms with Gasteiger partial charge in [0.25, 0.3) is 0 Å². The third-order valence-corrected chi connectivity index (χ3v) is 4.63. The minimum absolute atomic E-state index is 0.301. The van der Waals surface area contributed by atoms with Gasteiger partial charge in [-0.15, -0.1) is 0 Å². The number of halogens is 2. The molecule has 1 unspecified atom stereocenters. The smallest absolute Gasteiger partial charge is 0.0756 e. The zero-order valence-corrected chi connectivity index (χ0v) is 13.5. The molecule has 0 saturated carbocycles. The molecule has 0 aromatic heterocycles. The zero-order valence-electron chi connectivity index (χ0n) is 10.3. The van der Waals surface area contributed by atoms with E-state index in [1.54, 1.807) is 0 Å². The van der Waals surface area contributed by atoms with Crippen molar-refractivity contribution in [1.82, 2.24) is 0 Å². The number of rotatable bonds is 2. The van der Waals surface area contributed by atoms with E-state index in [0.717, 1.165) is 21.8 Å². The highest BCUT2D eigenvalue weighted by molar-refractivity contribution is 9.10. The molecule has 19 heavy (non-hydrogen) atoms. The van der Waals surface area contributed by atoms with Crippen LogP contribution in [0.2, 0.25) is 0 Å². The maximum absolute atomic E-state index is 4.89. The Morgan fingerprint density at radius 3 is 2.42 bits per heavy atom. The van der Waals surface area contributed by atoms with Crippen LogP contribution in [-0.4, -0.2) is 5.71 Å². The monoisotopic (exact) mass is 377 g/mol. The molecule has 0 spiro atoms. The van der Waals surface area contributed by atoms with Crippen LogP contribution in [0.3, 0.4) is 0 Å². The third-order valence-electron chi connectivity index (χ3n) is 3.41. The Morgan fingerprint density at radius 2 is 1.68 bits per heavy atom. The normalized spacial score (nSPS) is 18.4. The highest BCUT2D eigenvalue weighted by atomic mass is 79.9. The SMILES string of the molecule is Brc1ccc(C2CCC(c3ccccc3Br)=N2)cc1. The van der Waals surface area contributed by atoms with Crippen molar-refractivity contribution in [2.24, 2.45) is 4.99 Å². The zero-order chi connectivity index (χ0) is 13.2. The van der Waals surface area contributed by atoms with Crippen molar-refractivity contribution in [2.45, 2.75) is 18.9 Å². The molecule has 0 fully saturated rings. The molecular formula is C16H13Br2N. The standard InChI is InChI=1S/C16H13Br2N/c17-12-7-5-11(6-8-12)15-9-10-16(19-15)13-3-1-2-4-14(13)18/h1-8,15H,9-10H2. The molecule has 0 N–H and O–H groups in total. The lowest BCUT2D eigenvalue weighted by atomic mass is 10.0. The van der Waals surface area contributed by atoms with Crippen LogP contribution in [0, 0.1) is 0 Å². The summed E-state index contributed by atoms with van der Waals surface area (Å²) in [6.45, 7) is 0. The van der Waals surface area contributed by atoms with Gasteiger partial charge < -0.3 is 0 Å². The Hall–Kier alpha value is -0.930. The molecule has 2 aromatic carbocycles. The van der Waals surface area contributed by atoms with Crippen LogP contribution in [0.15, 0.2) is 62.5 Å². The van der Waals surface area contributed by atoms with Crippen molar-refractivity contribution in [3.8, 4) is 0 Å². The summed E-state index contributed by atoms with van der Waals surface area (Å²) in [6, 6.07) is 17.1. The average Bonchev–Trinajstić information content (AvgIpc) is 2.89. The molecule has 3 rings (SSSR count). The molecule has 0 bridgehead atoms. The molecule has 1 nitrogen and oxygen atoms in total. The van der Waals surface area contributed by atoms with E-state index >= 15 is 0 Å². The number of hydrogen-bond acceptors (Lipinski definition) is 1. The van der Waals surface area contributed by atoms with Crippen LogP contribution in [0.4, 0.5) is 0 Å². The van der Waals surface area contributed by atoms with Gasteiger partial charge in [-0.25, -0.2) is 0 Å². The Kier molecular flexibility index (Phi) is 3.85. The fraction of sp³-hybridized carbons (Fsp3) is 0.188. The fourth-order valence-electron chi connectivity index (χ4n) is 2.42. The number of nitrogens with zero attached hydrogens (tertiary/aromatic N) is 1. The van der Waals surface area contributed by atoms with Crippen LogP contribution in [0.1, 0.15) is 30.0 Å². The Labute approximate surface area is 130 Å². The summed E-state index contributed by atoms with van der Waals surface area (Å²) in [7, 11) is 0. The second-order valence-corrected chi connectivity index (χ2v) is 6.43. The van der Waals surface area contributed by atoms with Gasteiger partial charge in [-0.2, -0.15) is 0 Å². The lowest BCUT2D eigenvalue weighted by Crippen LogP contribution is -1.96. The van der Waals surface area contributed by atoms with Crippen molar-refractivity contribution in [2.75, 3.05) is 0 Å². The molecular weight excluding hydrogens is 366 g/mol. The van der Waals surface area contributed by atoms with Gasteiger partial charge >= 0.3 is 0 Å². The molecule has 0 saturated heterocycles. The van der Waals surface area contributed by atoms with Gasteiger partial charge in [0.1, 0.15) is 0 Å². The number of hydrogen-bond donors (Lipinski definition) is 0. The minimum Gasteiger partial charge on any atom is -0.281 e. The quantitative estimate of drug-likeness (QED) is 0.650. The Morgan fingerprint density at radius 1 is 0.947 bits per heavy atom. The van der Waals surface area contributed by atoms with E-state index in [1.165, 1.54) is 16.8 Å². The molecule has 0 aliphatic carbocycles. The second kappa shape index (κ2) is 5.59. The molecule has 1 heterocycles. The molecule has 1 atom stereocenters. The van der Waals surface area contributed by atoms with Crippen LogP contribution >= 0.6 is 31.9 Å². The van der Waals surface area contributed by atoms with E-state index in [4.69, 9.17) is 4.99 Å². The first-order valence-corrected chi connectivity index (χ1v) is 7.89. The second-order valence-electron chi connectivity index (χ2n) is 4.66. The van der Waals surface area contributed by atoms with Crippen molar-refractivity contribution >= 4 is 37.6 Å². The fourth-order valence-corrected chi connectivity index (χ4v) is 3.19. The summed E-state index contributed by atoms with van der Waals surface area (Å²) in [5, 5.41) is 0. The maximum atomic E-state index is 4.89. The van der Waals surface area contributed by atoms with E-state index in [0.29, 0.717) is 6.04 Å². The predicted molar refractivity (Wildman–Crippen MR) is 86.8 cm³/mol. The summed E-state index contributed by atoms with van der Waals surface area (Å²) >= 11 is 7.08. The molecule has 0 amide bonds. The predicted octanol–water partition coefficient (Wildman–Crippen LogP) is 5.54. The van der Waals surface area contributed by atoms with E-state index in [9.17, 15) is 0 Å². The summed E-state index contributed by atoms with van der Waals surface area (Å²) < 4.78 is 2.24. The van der Waals surface area contributed by atoms with Crippen molar-refractivity contribution in [1.29, 1.82) is 0 Å². The highest BCUT2D eigenvalue weighted by Crippen LogP contribution is 2.33. The number of aliphatic imine (C=N–C) groups is 1. The van der Waals surface area contributed by atoms with Gasteiger partial charge in [-0.1, -0.05) is 62.2 Å². The molecule has 1 aliphatic rings. The van der Waals surface area contributed by atoms with Gasteiger partial charge in [0.2, 0.25) is 0 Å². The van der Waals surface area contributed by atoms with E-state index in [1.807, 2.05) is 6.07 Å². The largest absolute Gasteiger partial charge is 0.281 e. The van der Waals surface area contributed by atoms with Gasteiger partial charge in [-0.05, 0) is 36.6 Å². The molecule has 96 valence electrons. The summed E-state index contributed by atoms with van der Waals surface area (Å²) in [5.41, 5.74) is 3.73. The molecule has 3 heteroatoms. The molecule has 0 radical (unpaired) electrons. The first-order chi connectivity index (χ1) is 9.24. The summed E-state index contributed by atoms with van der Waals surface area (Å²) in [4.78, 5) is 4.89. The van der Waals surface area contributed by atoms with Gasteiger partial charge in [-0.3, -0.25) is 4.99 Å². The van der Waals surface area contributed by atoms with Crippen LogP contribution in [0.25, 0.3) is 0 Å². The van der Waals surface area contributed by atoms with Gasteiger partial charge in [0.05, 0.1) is 6.04 Å². The topological polar surface area (TPSA) is 12.4 Å². The van der Waals surface area contributed by atoms with E-state index in [2.05, 4.69) is 74.3 Å². The van der Waals surface area contributed by atoms with E-state index in [-0.39, 0.29) is 0 Å². The molecule has 2 aromatic rings. The average molecular weight is 379 g/mol. The third kappa shape index (κ3) is 2.82. The Bertz CT molecular complexity index is 617. The van der Waals surface area contributed by atoms with Gasteiger partial charge in [0, 0.05) is 20.2 Å². The van der Waals surface area contributed by atoms with Crippen molar-refractivity contribution < 1.29 is 0 Å². The molecule has 1 aliphatic heterocycles. The number of benzene rings is 2. The van der Waals surface area contributed by atoms with Crippen LogP contribution in [-0.2, 0) is 0 Å². The first-order valence-electron chi connectivity index (χ1n) is 6.31. The minimum atomic E-state index is 0.301. The van der Waals surface area contributed by atoms with E-state index < -0.39 is 0 Å². The lowest BCUT2D eigenvalue weighted by molar-refractivity contribution is 0.723. The van der Waals surface area contributed by atoms with Crippen LogP contribution in [0.5, 0.6) is 0 Å². The Balaban J connectivity index is 1.89. The highest BCUT2D eigenvalue weighted by Gasteiger charge is 2.21. The van der Waals surface area contributed by atoms with Crippen molar-refractivity contribution in [3.63, 3.8) is 0 Å². The van der Waals surface area contributed by atoms with Gasteiger partial charge in [0.15, 0.2) is 0 Å². The first kappa shape index (κ1) is 13.1.